The molecule has 1 unspecified atom stereocenters. The summed E-state index contributed by atoms with van der Waals surface area (Å²) in [6.45, 7) is 3.58. The van der Waals surface area contributed by atoms with Crippen molar-refractivity contribution in [2.75, 3.05) is 10.2 Å². The molecule has 28 heavy (non-hydrogen) atoms. The quantitative estimate of drug-likeness (QED) is 0.795. The van der Waals surface area contributed by atoms with Crippen molar-refractivity contribution in [1.82, 2.24) is 0 Å². The average molecular weight is 396 g/mol. The highest BCUT2D eigenvalue weighted by molar-refractivity contribution is 8.02. The first kappa shape index (κ1) is 18.6. The molecule has 2 aliphatic rings. The van der Waals surface area contributed by atoms with E-state index in [1.807, 2.05) is 24.3 Å². The molecule has 2 amide bonds. The van der Waals surface area contributed by atoms with Gasteiger partial charge in [0.1, 0.15) is 0 Å². The zero-order valence-electron chi connectivity index (χ0n) is 15.6. The number of rotatable bonds is 4. The Labute approximate surface area is 167 Å². The number of ether oxygens (including phenoxy) is 1. The molecule has 2 aliphatic heterocycles. The van der Waals surface area contributed by atoms with Crippen molar-refractivity contribution in [3.63, 3.8) is 0 Å². The van der Waals surface area contributed by atoms with Crippen molar-refractivity contribution >= 4 is 40.9 Å². The van der Waals surface area contributed by atoms with Crippen molar-refractivity contribution in [2.45, 2.75) is 42.6 Å². The van der Waals surface area contributed by atoms with Gasteiger partial charge in [0.25, 0.3) is 5.91 Å². The van der Waals surface area contributed by atoms with E-state index in [0.29, 0.717) is 24.1 Å². The number of para-hydroxylation sites is 1. The van der Waals surface area contributed by atoms with Crippen LogP contribution in [0.2, 0.25) is 0 Å². The zero-order valence-corrected chi connectivity index (χ0v) is 16.4. The summed E-state index contributed by atoms with van der Waals surface area (Å²) in [5.41, 5.74) is 1.78. The van der Waals surface area contributed by atoms with Crippen LogP contribution in [0.15, 0.2) is 53.4 Å². The number of carbonyl (C=O) groups is 3. The van der Waals surface area contributed by atoms with Crippen LogP contribution in [0.5, 0.6) is 0 Å². The molecule has 0 aromatic heterocycles. The normalized spacial score (nSPS) is 20.1. The fraction of sp³-hybridized carbons (Fsp3) is 0.286. The second-order valence-electron chi connectivity index (χ2n) is 7.07. The Kier molecular flexibility index (Phi) is 4.63. The number of fused-ring (bicyclic) bond motifs is 3. The maximum Gasteiger partial charge on any atom is 0.338 e. The third-order valence-corrected chi connectivity index (χ3v) is 6.22. The molecule has 6 nitrogen and oxygen atoms in total. The van der Waals surface area contributed by atoms with Crippen LogP contribution in [0.4, 0.5) is 11.4 Å². The maximum atomic E-state index is 13.2. The number of nitrogens with zero attached hydrogens (tertiary/aromatic N) is 1. The van der Waals surface area contributed by atoms with Crippen molar-refractivity contribution in [3.05, 3.63) is 54.1 Å². The summed E-state index contributed by atoms with van der Waals surface area (Å²) in [5.74, 6) is -0.683. The lowest BCUT2D eigenvalue weighted by Gasteiger charge is -2.29. The van der Waals surface area contributed by atoms with Gasteiger partial charge in [-0.3, -0.25) is 14.5 Å². The Hall–Kier alpha value is -2.80. The van der Waals surface area contributed by atoms with Crippen LogP contribution >= 0.6 is 11.8 Å². The highest BCUT2D eigenvalue weighted by Crippen LogP contribution is 2.55. The number of esters is 1. The smallest absolute Gasteiger partial charge is 0.338 e. The molecule has 0 spiro atoms. The van der Waals surface area contributed by atoms with Crippen LogP contribution in [-0.2, 0) is 14.3 Å². The minimum Gasteiger partial charge on any atom is -0.459 e. The summed E-state index contributed by atoms with van der Waals surface area (Å²) in [5, 5.41) is 2.90. The number of benzene rings is 2. The summed E-state index contributed by atoms with van der Waals surface area (Å²) < 4.78 is 5.17. The molecule has 1 fully saturated rings. The number of amides is 2. The predicted octanol–water partition coefficient (Wildman–Crippen LogP) is 3.82. The fourth-order valence-corrected chi connectivity index (χ4v) is 4.91. The van der Waals surface area contributed by atoms with E-state index in [9.17, 15) is 14.4 Å². The molecule has 0 saturated carbocycles. The van der Waals surface area contributed by atoms with Gasteiger partial charge in [-0.1, -0.05) is 23.9 Å². The molecule has 144 valence electrons. The molecule has 7 heteroatoms. The Morgan fingerprint density at radius 3 is 2.57 bits per heavy atom. The first-order valence-corrected chi connectivity index (χ1v) is 9.96. The van der Waals surface area contributed by atoms with Gasteiger partial charge in [-0.05, 0) is 56.7 Å². The van der Waals surface area contributed by atoms with Crippen LogP contribution in [-0.4, -0.2) is 28.8 Å². The van der Waals surface area contributed by atoms with Crippen LogP contribution in [0, 0.1) is 0 Å². The molecule has 0 bridgehead atoms. The first-order chi connectivity index (χ1) is 13.4. The van der Waals surface area contributed by atoms with Crippen LogP contribution in [0.25, 0.3) is 0 Å². The van der Waals surface area contributed by atoms with Gasteiger partial charge in [-0.15, -0.1) is 0 Å². The van der Waals surface area contributed by atoms with Crippen molar-refractivity contribution in [1.29, 1.82) is 0 Å². The Balaban J connectivity index is 1.54. The van der Waals surface area contributed by atoms with Crippen molar-refractivity contribution < 1.29 is 19.1 Å². The van der Waals surface area contributed by atoms with Crippen molar-refractivity contribution in [2.24, 2.45) is 0 Å². The number of carbonyl (C=O) groups excluding carboxylic acids is 3. The molecule has 1 atom stereocenters. The van der Waals surface area contributed by atoms with Gasteiger partial charge in [0.2, 0.25) is 5.91 Å². The Morgan fingerprint density at radius 1 is 1.14 bits per heavy atom. The fourth-order valence-electron chi connectivity index (χ4n) is 3.50. The number of hydrogen-bond donors (Lipinski definition) is 1. The molecule has 2 aromatic rings. The van der Waals surface area contributed by atoms with Crippen molar-refractivity contribution in [3.8, 4) is 0 Å². The monoisotopic (exact) mass is 396 g/mol. The van der Waals surface area contributed by atoms with E-state index in [1.165, 1.54) is 11.8 Å². The molecule has 0 aliphatic carbocycles. The Morgan fingerprint density at radius 2 is 1.86 bits per heavy atom. The van der Waals surface area contributed by atoms with Crippen LogP contribution < -0.4 is 10.2 Å². The molecule has 1 saturated heterocycles. The highest BCUT2D eigenvalue weighted by Gasteiger charge is 2.57. The SMILES string of the molecule is CC(C)OC(=O)c1ccc(NC(=O)C23CCC(=O)N2c2ccccc2S3)cc1. The topological polar surface area (TPSA) is 75.7 Å². The highest BCUT2D eigenvalue weighted by atomic mass is 32.2. The van der Waals surface area contributed by atoms with Gasteiger partial charge in [-0.25, -0.2) is 4.79 Å². The summed E-state index contributed by atoms with van der Waals surface area (Å²) >= 11 is 1.42. The standard InChI is InChI=1S/C21H20N2O4S/c1-13(2)27-19(25)14-7-9-15(10-8-14)22-20(26)21-12-11-18(24)23(21)16-5-3-4-6-17(16)28-21/h3-10,13H,11-12H2,1-2H3,(H,22,26). The maximum absolute atomic E-state index is 13.2. The molecular weight excluding hydrogens is 376 g/mol. The van der Waals surface area contributed by atoms with Gasteiger partial charge in [-0.2, -0.15) is 0 Å². The first-order valence-electron chi connectivity index (χ1n) is 9.14. The minimum absolute atomic E-state index is 0.0422. The van der Waals surface area contributed by atoms with E-state index in [1.54, 1.807) is 43.0 Å². The average Bonchev–Trinajstić information content (AvgIpc) is 3.18. The minimum atomic E-state index is -0.962. The van der Waals surface area contributed by atoms with E-state index < -0.39 is 10.8 Å². The molecule has 4 rings (SSSR count). The summed E-state index contributed by atoms with van der Waals surface area (Å²) in [7, 11) is 0. The second kappa shape index (κ2) is 6.98. The molecule has 2 aromatic carbocycles. The van der Waals surface area contributed by atoms with Gasteiger partial charge in [0, 0.05) is 17.0 Å². The third-order valence-electron chi connectivity index (χ3n) is 4.75. The summed E-state index contributed by atoms with van der Waals surface area (Å²) in [4.78, 5) is 39.2. The van der Waals surface area contributed by atoms with Gasteiger partial charge < -0.3 is 10.1 Å². The Bertz CT molecular complexity index is 957. The number of thioether (sulfide) groups is 1. The van der Waals surface area contributed by atoms with Gasteiger partial charge in [0.15, 0.2) is 4.87 Å². The lowest BCUT2D eigenvalue weighted by Crippen LogP contribution is -2.49. The zero-order chi connectivity index (χ0) is 19.9. The predicted molar refractivity (Wildman–Crippen MR) is 107 cm³/mol. The van der Waals surface area contributed by atoms with Crippen LogP contribution in [0.3, 0.4) is 0 Å². The van der Waals surface area contributed by atoms with E-state index in [4.69, 9.17) is 4.74 Å². The summed E-state index contributed by atoms with van der Waals surface area (Å²) in [6.07, 6.45) is 0.600. The number of hydrogen-bond acceptors (Lipinski definition) is 5. The van der Waals surface area contributed by atoms with Crippen LogP contribution in [0.1, 0.15) is 37.0 Å². The molecule has 0 radical (unpaired) electrons. The number of nitrogens with one attached hydrogen (secondary N) is 1. The molecule has 1 N–H and O–H groups in total. The number of anilines is 2. The van der Waals surface area contributed by atoms with E-state index >= 15 is 0 Å². The van der Waals surface area contributed by atoms with Gasteiger partial charge >= 0.3 is 5.97 Å². The largest absolute Gasteiger partial charge is 0.459 e. The third kappa shape index (κ3) is 3.05. The summed E-state index contributed by atoms with van der Waals surface area (Å²) in [6, 6.07) is 14.1. The second-order valence-corrected chi connectivity index (χ2v) is 8.39. The van der Waals surface area contributed by atoms with E-state index in [2.05, 4.69) is 5.32 Å². The lowest BCUT2D eigenvalue weighted by molar-refractivity contribution is -0.121. The molecule has 2 heterocycles. The molecular formula is C21H20N2O4S. The lowest BCUT2D eigenvalue weighted by atomic mass is 10.1. The van der Waals surface area contributed by atoms with E-state index in [0.717, 1.165) is 10.6 Å². The van der Waals surface area contributed by atoms with Gasteiger partial charge in [0.05, 0.1) is 17.4 Å². The van der Waals surface area contributed by atoms with E-state index in [-0.39, 0.29) is 17.9 Å².